The lowest BCUT2D eigenvalue weighted by Crippen LogP contribution is -2.41. The molecule has 0 aliphatic rings. The van der Waals surface area contributed by atoms with Gasteiger partial charge in [0.05, 0.1) is 11.1 Å². The molecule has 0 saturated carbocycles. The molecule has 0 unspecified atom stereocenters. The Morgan fingerprint density at radius 1 is 1.24 bits per heavy atom. The zero-order valence-corrected chi connectivity index (χ0v) is 13.7. The number of rotatable bonds is 7. The van der Waals surface area contributed by atoms with E-state index in [0.29, 0.717) is 35.4 Å². The lowest BCUT2D eigenvalue weighted by atomic mass is 10.2. The van der Waals surface area contributed by atoms with Crippen molar-refractivity contribution >= 4 is 27.7 Å². The van der Waals surface area contributed by atoms with Gasteiger partial charge in [-0.3, -0.25) is 20.4 Å². The second-order valence-electron chi connectivity index (χ2n) is 4.24. The minimum atomic E-state index is -0.386. The molecule has 0 fully saturated rings. The van der Waals surface area contributed by atoms with Crippen molar-refractivity contribution in [3.8, 4) is 5.75 Å². The second kappa shape index (κ2) is 9.36. The van der Waals surface area contributed by atoms with Gasteiger partial charge in [-0.2, -0.15) is 0 Å². The normalized spacial score (nSPS) is 10.0. The van der Waals surface area contributed by atoms with Gasteiger partial charge < -0.3 is 9.47 Å². The number of hydrogen-bond donors (Lipinski definition) is 2. The standard InChI is InChI=1S/C14H19BrN2O4/c1-3-4-13(18)16-17-14(19)10-5-6-12(11(15)9-10)21-8-7-20-2/h5-6,9H,3-4,7-8H2,1-2H3,(H,16,18)(H,17,19). The average Bonchev–Trinajstić information content (AvgIpc) is 2.47. The van der Waals surface area contributed by atoms with Crippen molar-refractivity contribution in [2.45, 2.75) is 19.8 Å². The predicted octanol–water partition coefficient (Wildman–Crippen LogP) is 2.04. The van der Waals surface area contributed by atoms with Crippen LogP contribution in [0.25, 0.3) is 0 Å². The summed E-state index contributed by atoms with van der Waals surface area (Å²) in [5.41, 5.74) is 5.13. The van der Waals surface area contributed by atoms with Crippen LogP contribution in [-0.2, 0) is 9.53 Å². The molecule has 0 aliphatic carbocycles. The number of methoxy groups -OCH3 is 1. The van der Waals surface area contributed by atoms with Gasteiger partial charge in [0.1, 0.15) is 12.4 Å². The van der Waals surface area contributed by atoms with Gasteiger partial charge in [-0.25, -0.2) is 0 Å². The summed E-state index contributed by atoms with van der Waals surface area (Å²) in [7, 11) is 1.60. The van der Waals surface area contributed by atoms with Crippen molar-refractivity contribution < 1.29 is 19.1 Å². The third kappa shape index (κ3) is 6.14. The number of carbonyl (C=O) groups is 2. The van der Waals surface area contributed by atoms with Crippen LogP contribution in [0.3, 0.4) is 0 Å². The van der Waals surface area contributed by atoms with E-state index in [2.05, 4.69) is 26.8 Å². The summed E-state index contributed by atoms with van der Waals surface area (Å²) in [4.78, 5) is 23.1. The topological polar surface area (TPSA) is 76.7 Å². The minimum Gasteiger partial charge on any atom is -0.490 e. The van der Waals surface area contributed by atoms with Crippen LogP contribution in [-0.4, -0.2) is 32.1 Å². The molecule has 6 nitrogen and oxygen atoms in total. The van der Waals surface area contributed by atoms with E-state index in [1.54, 1.807) is 25.3 Å². The van der Waals surface area contributed by atoms with Crippen molar-refractivity contribution in [2.75, 3.05) is 20.3 Å². The summed E-state index contributed by atoms with van der Waals surface area (Å²) < 4.78 is 11.0. The molecule has 7 heteroatoms. The van der Waals surface area contributed by atoms with Crippen molar-refractivity contribution in [2.24, 2.45) is 0 Å². The maximum Gasteiger partial charge on any atom is 0.269 e. The second-order valence-corrected chi connectivity index (χ2v) is 5.09. The molecule has 0 heterocycles. The summed E-state index contributed by atoms with van der Waals surface area (Å²) in [6.07, 6.45) is 1.09. The number of hydrogen-bond acceptors (Lipinski definition) is 4. The Morgan fingerprint density at radius 3 is 2.62 bits per heavy atom. The summed E-state index contributed by atoms with van der Waals surface area (Å²) in [6.45, 7) is 2.80. The van der Waals surface area contributed by atoms with Gasteiger partial charge in [-0.05, 0) is 40.5 Å². The molecule has 0 bridgehead atoms. The van der Waals surface area contributed by atoms with E-state index in [0.717, 1.165) is 6.42 Å². The Morgan fingerprint density at radius 2 is 2.00 bits per heavy atom. The van der Waals surface area contributed by atoms with Crippen LogP contribution in [0.15, 0.2) is 22.7 Å². The number of hydrazine groups is 1. The van der Waals surface area contributed by atoms with Crippen LogP contribution in [0.1, 0.15) is 30.1 Å². The molecule has 1 aromatic rings. The molecule has 0 atom stereocenters. The summed E-state index contributed by atoms with van der Waals surface area (Å²) in [5, 5.41) is 0. The average molecular weight is 359 g/mol. The number of ether oxygens (including phenoxy) is 2. The predicted molar refractivity (Wildman–Crippen MR) is 82.0 cm³/mol. The lowest BCUT2D eigenvalue weighted by Gasteiger charge is -2.10. The van der Waals surface area contributed by atoms with Crippen LogP contribution in [0.5, 0.6) is 5.75 Å². The molecule has 0 aromatic heterocycles. The smallest absolute Gasteiger partial charge is 0.269 e. The van der Waals surface area contributed by atoms with Gasteiger partial charge in [0.15, 0.2) is 0 Å². The van der Waals surface area contributed by atoms with Crippen molar-refractivity contribution in [3.63, 3.8) is 0 Å². The minimum absolute atomic E-state index is 0.218. The monoisotopic (exact) mass is 358 g/mol. The fourth-order valence-electron chi connectivity index (χ4n) is 1.48. The van der Waals surface area contributed by atoms with Gasteiger partial charge in [-0.1, -0.05) is 6.92 Å². The third-order valence-electron chi connectivity index (χ3n) is 2.53. The first kappa shape index (κ1) is 17.5. The van der Waals surface area contributed by atoms with E-state index in [9.17, 15) is 9.59 Å². The molecule has 21 heavy (non-hydrogen) atoms. The molecule has 0 spiro atoms. The third-order valence-corrected chi connectivity index (χ3v) is 3.15. The Kier molecular flexibility index (Phi) is 7.78. The molecule has 1 aromatic carbocycles. The highest BCUT2D eigenvalue weighted by atomic mass is 79.9. The first-order valence-corrected chi connectivity index (χ1v) is 7.38. The Balaban J connectivity index is 2.57. The van der Waals surface area contributed by atoms with Gasteiger partial charge in [-0.15, -0.1) is 0 Å². The summed E-state index contributed by atoms with van der Waals surface area (Å²) in [5.74, 6) is 0.0200. The van der Waals surface area contributed by atoms with Gasteiger partial charge in [0.25, 0.3) is 5.91 Å². The van der Waals surface area contributed by atoms with E-state index in [4.69, 9.17) is 9.47 Å². The highest BCUT2D eigenvalue weighted by Crippen LogP contribution is 2.25. The number of halogens is 1. The molecule has 0 saturated heterocycles. The molecule has 2 N–H and O–H groups in total. The molecule has 0 aliphatic heterocycles. The van der Waals surface area contributed by atoms with Crippen LogP contribution < -0.4 is 15.6 Å². The van der Waals surface area contributed by atoms with Crippen molar-refractivity contribution in [1.29, 1.82) is 0 Å². The van der Waals surface area contributed by atoms with Crippen molar-refractivity contribution in [1.82, 2.24) is 10.9 Å². The molecular weight excluding hydrogens is 340 g/mol. The van der Waals surface area contributed by atoms with Crippen LogP contribution in [0, 0.1) is 0 Å². The number of amides is 2. The summed E-state index contributed by atoms with van der Waals surface area (Å²) >= 11 is 3.34. The maximum absolute atomic E-state index is 11.9. The maximum atomic E-state index is 11.9. The lowest BCUT2D eigenvalue weighted by molar-refractivity contribution is -0.121. The number of benzene rings is 1. The molecule has 116 valence electrons. The first-order valence-electron chi connectivity index (χ1n) is 6.59. The van der Waals surface area contributed by atoms with Gasteiger partial charge in [0.2, 0.25) is 5.91 Å². The van der Waals surface area contributed by atoms with Crippen LogP contribution in [0.2, 0.25) is 0 Å². The zero-order valence-electron chi connectivity index (χ0n) is 12.1. The van der Waals surface area contributed by atoms with Crippen molar-refractivity contribution in [3.05, 3.63) is 28.2 Å². The van der Waals surface area contributed by atoms with E-state index in [1.807, 2.05) is 6.92 Å². The van der Waals surface area contributed by atoms with Gasteiger partial charge in [0, 0.05) is 19.1 Å². The molecule has 2 amide bonds. The summed E-state index contributed by atoms with van der Waals surface area (Å²) in [6, 6.07) is 4.93. The molecular formula is C14H19BrN2O4. The highest BCUT2D eigenvalue weighted by Gasteiger charge is 2.10. The van der Waals surface area contributed by atoms with Crippen LogP contribution >= 0.6 is 15.9 Å². The van der Waals surface area contributed by atoms with Crippen LogP contribution in [0.4, 0.5) is 0 Å². The van der Waals surface area contributed by atoms with E-state index in [-0.39, 0.29) is 11.8 Å². The Bertz CT molecular complexity index is 494. The quantitative estimate of drug-likeness (QED) is 0.577. The Hall–Kier alpha value is -1.60. The first-order chi connectivity index (χ1) is 10.1. The highest BCUT2D eigenvalue weighted by molar-refractivity contribution is 9.10. The molecule has 0 radical (unpaired) electrons. The largest absolute Gasteiger partial charge is 0.490 e. The zero-order chi connectivity index (χ0) is 15.7. The fourth-order valence-corrected chi connectivity index (χ4v) is 1.98. The van der Waals surface area contributed by atoms with E-state index >= 15 is 0 Å². The molecule has 1 rings (SSSR count). The fraction of sp³-hybridized carbons (Fsp3) is 0.429. The number of nitrogens with one attached hydrogen (secondary N) is 2. The van der Waals surface area contributed by atoms with Gasteiger partial charge >= 0.3 is 0 Å². The SMILES string of the molecule is CCCC(=O)NNC(=O)c1ccc(OCCOC)c(Br)c1. The Labute approximate surface area is 132 Å². The number of carbonyl (C=O) groups excluding carboxylic acids is 2. The van der Waals surface area contributed by atoms with E-state index < -0.39 is 0 Å². The van der Waals surface area contributed by atoms with E-state index in [1.165, 1.54) is 0 Å².